The minimum absolute atomic E-state index is 0. The third-order valence-electron chi connectivity index (χ3n) is 2.41. The van der Waals surface area contributed by atoms with E-state index < -0.39 is 0 Å². The fraction of sp³-hybridized carbons (Fsp3) is 0.300. The first kappa shape index (κ1) is 10.5. The zero-order chi connectivity index (χ0) is 8.84. The summed E-state index contributed by atoms with van der Waals surface area (Å²) in [5, 5.41) is 0. The van der Waals surface area contributed by atoms with Crippen molar-refractivity contribution in [2.45, 2.75) is 17.3 Å². The molecule has 0 N–H and O–H groups in total. The number of benzene rings is 1. The number of thiazole rings is 1. The lowest BCUT2D eigenvalue weighted by Crippen LogP contribution is -3.00. The number of rotatable bonds is 0. The van der Waals surface area contributed by atoms with Crippen LogP contribution in [-0.2, 0) is 0 Å². The molecule has 4 heteroatoms. The maximum Gasteiger partial charge on any atom is 0.298 e. The zero-order valence-corrected chi connectivity index (χ0v) is 11.0. The topological polar surface area (TPSA) is 3.88 Å². The van der Waals surface area contributed by atoms with Crippen LogP contribution >= 0.6 is 23.1 Å². The van der Waals surface area contributed by atoms with E-state index in [4.69, 9.17) is 0 Å². The van der Waals surface area contributed by atoms with Gasteiger partial charge in [0.1, 0.15) is 4.70 Å². The molecule has 0 aliphatic carbocycles. The number of thioether (sulfide) groups is 1. The highest BCUT2D eigenvalue weighted by Crippen LogP contribution is 2.35. The van der Waals surface area contributed by atoms with E-state index in [2.05, 4.69) is 35.8 Å². The molecule has 1 aliphatic rings. The van der Waals surface area contributed by atoms with Crippen LogP contribution in [-0.4, -0.2) is 5.75 Å². The molecule has 2 aromatic rings. The van der Waals surface area contributed by atoms with Gasteiger partial charge in [-0.05, 0) is 24.8 Å². The molecule has 1 aliphatic heterocycles. The van der Waals surface area contributed by atoms with Gasteiger partial charge in [-0.2, -0.15) is 4.57 Å². The highest BCUT2D eigenvalue weighted by molar-refractivity contribution is 8.01. The van der Waals surface area contributed by atoms with Crippen molar-refractivity contribution in [3.63, 3.8) is 0 Å². The van der Waals surface area contributed by atoms with Crippen LogP contribution in [0.2, 0.25) is 0 Å². The molecular weight excluding hydrogens is 278 g/mol. The molecule has 0 spiro atoms. The number of aromatic nitrogens is 1. The average molecular weight is 288 g/mol. The van der Waals surface area contributed by atoms with Gasteiger partial charge in [-0.15, -0.1) is 0 Å². The predicted octanol–water partition coefficient (Wildman–Crippen LogP) is -0.140. The van der Waals surface area contributed by atoms with Crippen LogP contribution in [0.4, 0.5) is 0 Å². The van der Waals surface area contributed by atoms with Crippen molar-refractivity contribution in [1.82, 2.24) is 0 Å². The smallest absolute Gasteiger partial charge is 0.298 e. The third kappa shape index (κ3) is 1.40. The second-order valence-corrected chi connectivity index (χ2v) is 5.66. The van der Waals surface area contributed by atoms with Crippen molar-refractivity contribution in [2.75, 3.05) is 5.75 Å². The Morgan fingerprint density at radius 1 is 1.36 bits per heavy atom. The van der Waals surface area contributed by atoms with Crippen LogP contribution in [0.5, 0.6) is 0 Å². The summed E-state index contributed by atoms with van der Waals surface area (Å²) >= 11 is 3.90. The second-order valence-electron chi connectivity index (χ2n) is 3.37. The van der Waals surface area contributed by atoms with E-state index in [1.54, 1.807) is 0 Å². The van der Waals surface area contributed by atoms with Gasteiger partial charge in [-0.3, -0.25) is 0 Å². The van der Waals surface area contributed by atoms with E-state index in [0.717, 1.165) is 0 Å². The largest absolute Gasteiger partial charge is 1.00 e. The summed E-state index contributed by atoms with van der Waals surface area (Å²) in [5.74, 6) is 1.23. The first-order valence-corrected chi connectivity index (χ1v) is 6.22. The summed E-state index contributed by atoms with van der Waals surface area (Å²) in [6.07, 6.45) is 0. The molecule has 1 aromatic carbocycles. The Labute approximate surface area is 102 Å². The quantitative estimate of drug-likeness (QED) is 0.610. The van der Waals surface area contributed by atoms with Gasteiger partial charge in [0.2, 0.25) is 5.52 Å². The Bertz CT molecular complexity index is 466. The minimum Gasteiger partial charge on any atom is -1.00 e. The number of para-hydroxylation sites is 1. The van der Waals surface area contributed by atoms with Gasteiger partial charge in [0.25, 0.3) is 4.34 Å². The predicted molar refractivity (Wildman–Crippen MR) is 57.5 cm³/mol. The normalized spacial score (nSPS) is 19.4. The number of nitrogens with zero attached hydrogens (tertiary/aromatic N) is 1. The van der Waals surface area contributed by atoms with Crippen LogP contribution in [0.3, 0.4) is 0 Å². The molecule has 0 fully saturated rings. The highest BCUT2D eigenvalue weighted by atomic mass is 79.9. The summed E-state index contributed by atoms with van der Waals surface area (Å²) < 4.78 is 5.34. The van der Waals surface area contributed by atoms with Gasteiger partial charge >= 0.3 is 0 Å². The number of halogens is 1. The van der Waals surface area contributed by atoms with Crippen LogP contribution in [0.1, 0.15) is 13.0 Å². The van der Waals surface area contributed by atoms with E-state index in [9.17, 15) is 0 Å². The lowest BCUT2D eigenvalue weighted by molar-refractivity contribution is -0.714. The average Bonchev–Trinajstić information content (AvgIpc) is 2.66. The van der Waals surface area contributed by atoms with Crippen molar-refractivity contribution >= 4 is 33.3 Å². The number of hydrogen-bond donors (Lipinski definition) is 0. The molecular formula is C10H10BrNS2. The van der Waals surface area contributed by atoms with Gasteiger partial charge in [-0.25, -0.2) is 0 Å². The van der Waals surface area contributed by atoms with Crippen molar-refractivity contribution in [3.05, 3.63) is 24.3 Å². The summed E-state index contributed by atoms with van der Waals surface area (Å²) in [6, 6.07) is 9.33. The van der Waals surface area contributed by atoms with Crippen molar-refractivity contribution in [2.24, 2.45) is 0 Å². The van der Waals surface area contributed by atoms with Crippen LogP contribution in [0.15, 0.2) is 28.6 Å². The maximum atomic E-state index is 2.46. The Balaban J connectivity index is 0.000000750. The molecule has 0 radical (unpaired) electrons. The fourth-order valence-electron chi connectivity index (χ4n) is 1.77. The van der Waals surface area contributed by atoms with Gasteiger partial charge < -0.3 is 17.0 Å². The van der Waals surface area contributed by atoms with E-state index in [0.29, 0.717) is 6.04 Å². The van der Waals surface area contributed by atoms with Gasteiger partial charge in [-0.1, -0.05) is 23.5 Å². The molecule has 0 saturated heterocycles. The van der Waals surface area contributed by atoms with E-state index in [-0.39, 0.29) is 17.0 Å². The Morgan fingerprint density at radius 2 is 2.14 bits per heavy atom. The van der Waals surface area contributed by atoms with Gasteiger partial charge in [0.15, 0.2) is 6.04 Å². The van der Waals surface area contributed by atoms with Crippen LogP contribution in [0, 0.1) is 0 Å². The van der Waals surface area contributed by atoms with Crippen molar-refractivity contribution < 1.29 is 21.5 Å². The monoisotopic (exact) mass is 287 g/mol. The fourth-order valence-corrected chi connectivity index (χ4v) is 4.41. The molecule has 1 unspecified atom stereocenters. The first-order valence-electron chi connectivity index (χ1n) is 4.42. The molecule has 74 valence electrons. The van der Waals surface area contributed by atoms with E-state index in [1.807, 2.05) is 23.1 Å². The standard InChI is InChI=1S/C10H10NS2.BrH/c1-7-6-12-10-11(7)8-4-2-3-5-9(8)13-10;/h2-5,7H,6H2,1H3;1H/q+1;/p-1. The molecule has 0 saturated carbocycles. The Hall–Kier alpha value is -0.0600. The van der Waals surface area contributed by atoms with Crippen molar-refractivity contribution in [1.29, 1.82) is 0 Å². The molecule has 1 aromatic heterocycles. The number of fused-ring (bicyclic) bond motifs is 3. The summed E-state index contributed by atoms with van der Waals surface area (Å²) in [7, 11) is 0. The van der Waals surface area contributed by atoms with Crippen LogP contribution < -0.4 is 21.5 Å². The lowest BCUT2D eigenvalue weighted by Gasteiger charge is -1.94. The third-order valence-corrected chi connectivity index (χ3v) is 5.04. The summed E-state index contributed by atoms with van der Waals surface area (Å²) in [4.78, 5) is 0. The lowest BCUT2D eigenvalue weighted by atomic mass is 10.3. The highest BCUT2D eigenvalue weighted by Gasteiger charge is 2.32. The van der Waals surface area contributed by atoms with Crippen LogP contribution in [0.25, 0.3) is 10.2 Å². The summed E-state index contributed by atoms with van der Waals surface area (Å²) in [6.45, 7) is 2.29. The SMILES string of the molecule is CC1CSc2sc3ccccc3[n+]21.[Br-]. The zero-order valence-electron chi connectivity index (χ0n) is 7.74. The Kier molecular flexibility index (Phi) is 2.86. The maximum absolute atomic E-state index is 2.46. The molecule has 0 amide bonds. The summed E-state index contributed by atoms with van der Waals surface area (Å²) in [5.41, 5.74) is 1.40. The molecule has 2 heterocycles. The molecule has 0 bridgehead atoms. The number of hydrogen-bond acceptors (Lipinski definition) is 2. The molecule has 14 heavy (non-hydrogen) atoms. The minimum atomic E-state index is 0. The molecule has 3 rings (SSSR count). The second kappa shape index (κ2) is 3.83. The van der Waals surface area contributed by atoms with Gasteiger partial charge in [0.05, 0.1) is 5.75 Å². The van der Waals surface area contributed by atoms with E-state index >= 15 is 0 Å². The van der Waals surface area contributed by atoms with Crippen molar-refractivity contribution in [3.8, 4) is 0 Å². The first-order chi connectivity index (χ1) is 6.36. The Morgan fingerprint density at radius 3 is 3.00 bits per heavy atom. The van der Waals surface area contributed by atoms with Gasteiger partial charge in [0, 0.05) is 6.07 Å². The molecule has 1 nitrogen and oxygen atoms in total. The van der Waals surface area contributed by atoms with E-state index in [1.165, 1.54) is 20.3 Å². The molecule has 1 atom stereocenters.